The number of nitrogens with zero attached hydrogens (tertiary/aromatic N) is 1. The van der Waals surface area contributed by atoms with Crippen LogP contribution in [-0.2, 0) is 4.79 Å². The van der Waals surface area contributed by atoms with Crippen molar-refractivity contribution < 1.29 is 14.1 Å². The molecule has 0 saturated heterocycles. The summed E-state index contributed by atoms with van der Waals surface area (Å²) in [4.78, 5) is 21.9. The summed E-state index contributed by atoms with van der Waals surface area (Å²) < 4.78 is 13.0. The number of non-ortho nitro benzene ring substituents is 1. The van der Waals surface area contributed by atoms with Gasteiger partial charge in [0.15, 0.2) is 0 Å². The van der Waals surface area contributed by atoms with Crippen LogP contribution in [0.2, 0.25) is 5.02 Å². The predicted molar refractivity (Wildman–Crippen MR) is 82.2 cm³/mol. The molecule has 7 heteroatoms. The Kier molecular flexibility index (Phi) is 4.85. The summed E-state index contributed by atoms with van der Waals surface area (Å²) in [7, 11) is 0. The van der Waals surface area contributed by atoms with E-state index >= 15 is 0 Å². The minimum Gasteiger partial charge on any atom is -0.322 e. The second kappa shape index (κ2) is 6.82. The number of carbonyl (C=O) groups is 1. The first-order chi connectivity index (χ1) is 10.5. The molecular formula is C15H10ClFN2O3. The lowest BCUT2D eigenvalue weighted by Crippen LogP contribution is -2.07. The van der Waals surface area contributed by atoms with Gasteiger partial charge in [-0.05, 0) is 29.8 Å². The number of benzene rings is 2. The van der Waals surface area contributed by atoms with Crippen molar-refractivity contribution >= 4 is 35.0 Å². The molecule has 2 aromatic carbocycles. The molecule has 0 spiro atoms. The first-order valence-corrected chi connectivity index (χ1v) is 6.52. The fraction of sp³-hybridized carbons (Fsp3) is 0. The molecule has 0 bridgehead atoms. The molecule has 0 unspecified atom stereocenters. The summed E-state index contributed by atoms with van der Waals surface area (Å²) in [5, 5.41) is 13.1. The molecule has 0 aliphatic carbocycles. The van der Waals surface area contributed by atoms with Crippen molar-refractivity contribution in [3.63, 3.8) is 0 Å². The van der Waals surface area contributed by atoms with Crippen LogP contribution < -0.4 is 5.32 Å². The lowest BCUT2D eigenvalue weighted by Gasteiger charge is -2.03. The van der Waals surface area contributed by atoms with Gasteiger partial charge in [-0.2, -0.15) is 0 Å². The Labute approximate surface area is 130 Å². The van der Waals surface area contributed by atoms with Crippen LogP contribution in [0.4, 0.5) is 15.8 Å². The van der Waals surface area contributed by atoms with E-state index in [2.05, 4.69) is 5.32 Å². The Morgan fingerprint density at radius 1 is 1.27 bits per heavy atom. The van der Waals surface area contributed by atoms with Gasteiger partial charge in [-0.15, -0.1) is 0 Å². The van der Waals surface area contributed by atoms with E-state index in [1.165, 1.54) is 42.5 Å². The Bertz CT molecular complexity index is 762. The molecule has 0 heterocycles. The maximum atomic E-state index is 13.0. The summed E-state index contributed by atoms with van der Waals surface area (Å²) in [5.74, 6) is -1.04. The minimum absolute atomic E-state index is 0.0622. The van der Waals surface area contributed by atoms with Gasteiger partial charge in [-0.1, -0.05) is 23.7 Å². The summed E-state index contributed by atoms with van der Waals surface area (Å²) in [6.45, 7) is 0. The van der Waals surface area contributed by atoms with E-state index in [9.17, 15) is 19.3 Å². The molecule has 2 aromatic rings. The highest BCUT2D eigenvalue weighted by Crippen LogP contribution is 2.19. The van der Waals surface area contributed by atoms with E-state index < -0.39 is 16.6 Å². The average Bonchev–Trinajstić information content (AvgIpc) is 2.49. The molecule has 0 saturated carbocycles. The van der Waals surface area contributed by atoms with Gasteiger partial charge in [0.2, 0.25) is 5.91 Å². The molecule has 22 heavy (non-hydrogen) atoms. The van der Waals surface area contributed by atoms with Crippen molar-refractivity contribution in [3.05, 3.63) is 75.1 Å². The Hall–Kier alpha value is -2.73. The lowest BCUT2D eigenvalue weighted by atomic mass is 10.2. The number of hydrogen-bond acceptors (Lipinski definition) is 3. The van der Waals surface area contributed by atoms with Crippen LogP contribution in [0, 0.1) is 15.9 Å². The van der Waals surface area contributed by atoms with Gasteiger partial charge >= 0.3 is 0 Å². The van der Waals surface area contributed by atoms with Gasteiger partial charge in [0.1, 0.15) is 5.82 Å². The summed E-state index contributed by atoms with van der Waals surface area (Å²) >= 11 is 5.61. The molecule has 0 atom stereocenters. The third-order valence-corrected chi connectivity index (χ3v) is 2.98. The van der Waals surface area contributed by atoms with E-state index in [4.69, 9.17) is 11.6 Å². The number of halogens is 2. The number of carbonyl (C=O) groups excluding carboxylic acids is 1. The molecule has 0 aliphatic rings. The highest BCUT2D eigenvalue weighted by molar-refractivity contribution is 6.31. The molecule has 112 valence electrons. The zero-order valence-electron chi connectivity index (χ0n) is 11.1. The largest absolute Gasteiger partial charge is 0.322 e. The molecular weight excluding hydrogens is 311 g/mol. The lowest BCUT2D eigenvalue weighted by molar-refractivity contribution is -0.384. The van der Waals surface area contributed by atoms with E-state index in [1.807, 2.05) is 0 Å². The molecule has 2 rings (SSSR count). The van der Waals surface area contributed by atoms with Crippen molar-refractivity contribution in [3.8, 4) is 0 Å². The third-order valence-electron chi connectivity index (χ3n) is 2.70. The zero-order chi connectivity index (χ0) is 16.1. The number of hydrogen-bond donors (Lipinski definition) is 1. The van der Waals surface area contributed by atoms with E-state index in [-0.39, 0.29) is 10.7 Å². The normalized spacial score (nSPS) is 10.6. The van der Waals surface area contributed by atoms with Crippen LogP contribution in [0.5, 0.6) is 0 Å². The molecule has 1 amide bonds. The number of nitro benzene ring substituents is 1. The Balaban J connectivity index is 2.06. The van der Waals surface area contributed by atoms with Crippen LogP contribution in [0.25, 0.3) is 6.08 Å². The standard InChI is InChI=1S/C15H10ClFN2O3/c16-13-9-11(5-6-14(13)17)18-15(20)7-4-10-2-1-3-12(8-10)19(21)22/h1-9H,(H,18,20). The minimum atomic E-state index is -0.577. The first kappa shape index (κ1) is 15.7. The third kappa shape index (κ3) is 4.13. The Morgan fingerprint density at radius 3 is 2.73 bits per heavy atom. The molecule has 0 aromatic heterocycles. The van der Waals surface area contributed by atoms with Crippen LogP contribution in [0.3, 0.4) is 0 Å². The topological polar surface area (TPSA) is 72.2 Å². The number of nitrogens with one attached hydrogen (secondary N) is 1. The SMILES string of the molecule is O=C(C=Cc1cccc([N+](=O)[O-])c1)Nc1ccc(F)c(Cl)c1. The van der Waals surface area contributed by atoms with Gasteiger partial charge in [-0.25, -0.2) is 4.39 Å². The molecule has 0 fully saturated rings. The second-order valence-electron chi connectivity index (χ2n) is 4.30. The molecule has 0 aliphatic heterocycles. The van der Waals surface area contributed by atoms with Crippen LogP contribution in [-0.4, -0.2) is 10.8 Å². The van der Waals surface area contributed by atoms with Gasteiger partial charge in [0, 0.05) is 23.9 Å². The predicted octanol–water partition coefficient (Wildman–Crippen LogP) is 4.04. The molecule has 5 nitrogen and oxygen atoms in total. The van der Waals surface area contributed by atoms with Crippen molar-refractivity contribution in [2.24, 2.45) is 0 Å². The number of rotatable bonds is 4. The van der Waals surface area contributed by atoms with Gasteiger partial charge in [0.05, 0.1) is 9.95 Å². The molecule has 1 N–H and O–H groups in total. The summed E-state index contributed by atoms with van der Waals surface area (Å²) in [5.41, 5.74) is 0.800. The van der Waals surface area contributed by atoms with Gasteiger partial charge in [-0.3, -0.25) is 14.9 Å². The van der Waals surface area contributed by atoms with Crippen molar-refractivity contribution in [1.29, 1.82) is 0 Å². The zero-order valence-corrected chi connectivity index (χ0v) is 11.9. The highest BCUT2D eigenvalue weighted by atomic mass is 35.5. The van der Waals surface area contributed by atoms with E-state index in [0.29, 0.717) is 11.3 Å². The van der Waals surface area contributed by atoms with Crippen LogP contribution in [0.15, 0.2) is 48.5 Å². The monoisotopic (exact) mass is 320 g/mol. The van der Waals surface area contributed by atoms with Crippen LogP contribution >= 0.6 is 11.6 Å². The van der Waals surface area contributed by atoms with Gasteiger partial charge in [0.25, 0.3) is 5.69 Å². The fourth-order valence-corrected chi connectivity index (χ4v) is 1.85. The van der Waals surface area contributed by atoms with Crippen molar-refractivity contribution in [2.45, 2.75) is 0 Å². The highest BCUT2D eigenvalue weighted by Gasteiger charge is 2.05. The fourth-order valence-electron chi connectivity index (χ4n) is 1.67. The second-order valence-corrected chi connectivity index (χ2v) is 4.71. The Morgan fingerprint density at radius 2 is 2.05 bits per heavy atom. The van der Waals surface area contributed by atoms with E-state index in [0.717, 1.165) is 6.07 Å². The van der Waals surface area contributed by atoms with E-state index in [1.54, 1.807) is 6.07 Å². The smallest absolute Gasteiger partial charge is 0.270 e. The maximum Gasteiger partial charge on any atom is 0.270 e. The van der Waals surface area contributed by atoms with Crippen molar-refractivity contribution in [2.75, 3.05) is 5.32 Å². The number of amides is 1. The number of anilines is 1. The maximum absolute atomic E-state index is 13.0. The quantitative estimate of drug-likeness (QED) is 0.525. The van der Waals surface area contributed by atoms with Crippen molar-refractivity contribution in [1.82, 2.24) is 0 Å². The molecule has 0 radical (unpaired) electrons. The summed E-state index contributed by atoms with van der Waals surface area (Å²) in [6.07, 6.45) is 2.66. The summed E-state index contributed by atoms with van der Waals surface area (Å²) in [6, 6.07) is 9.66. The van der Waals surface area contributed by atoms with Crippen LogP contribution in [0.1, 0.15) is 5.56 Å². The number of nitro groups is 1. The average molecular weight is 321 g/mol. The van der Waals surface area contributed by atoms with Gasteiger partial charge < -0.3 is 5.32 Å². The first-order valence-electron chi connectivity index (χ1n) is 6.14.